The number of aliphatic hydroxyl groups is 1. The number of hydrogen-bond donors (Lipinski definition) is 3. The molecule has 5 atom stereocenters. The molecule has 0 unspecified atom stereocenters. The molecule has 270 valence electrons. The summed E-state index contributed by atoms with van der Waals surface area (Å²) in [5.74, 6) is -2.74. The summed E-state index contributed by atoms with van der Waals surface area (Å²) in [4.78, 5) is 40.3. The number of likely N-dealkylation sites (N-methyl/N-ethyl adjacent to an activating group) is 1. The first-order valence-electron chi connectivity index (χ1n) is 18.9. The molecule has 4 aliphatic rings. The molecule has 0 aromatic heterocycles. The molecule has 2 bridgehead atoms. The number of allylic oxidation sites excluding steroid dienone is 2. The number of carboxylic acid groups (broad SMARTS) is 1. The van der Waals surface area contributed by atoms with Gasteiger partial charge in [0.15, 0.2) is 17.6 Å². The Morgan fingerprint density at radius 2 is 1.67 bits per heavy atom. The molecule has 1 aromatic rings. The number of Topliss-reactive ketones (excluding diaryl/α,β-unsaturated/α-hetero) is 1. The van der Waals surface area contributed by atoms with Crippen molar-refractivity contribution in [1.29, 1.82) is 0 Å². The van der Waals surface area contributed by atoms with E-state index in [-0.39, 0.29) is 36.2 Å². The van der Waals surface area contributed by atoms with Crippen LogP contribution in [0.15, 0.2) is 36.1 Å². The smallest absolute Gasteiger partial charge is 0.315 e. The molecule has 9 heteroatoms. The Kier molecular flexibility index (Phi) is 12.6. The minimum Gasteiger partial charge on any atom is -0.504 e. The second-order valence-electron chi connectivity index (χ2n) is 14.9. The lowest BCUT2D eigenvalue weighted by Crippen LogP contribution is -2.74. The van der Waals surface area contributed by atoms with E-state index in [4.69, 9.17) is 9.47 Å². The van der Waals surface area contributed by atoms with E-state index in [0.717, 1.165) is 43.2 Å². The van der Waals surface area contributed by atoms with E-state index < -0.39 is 41.4 Å². The van der Waals surface area contributed by atoms with Crippen molar-refractivity contribution >= 4 is 17.7 Å². The van der Waals surface area contributed by atoms with Gasteiger partial charge in [-0.2, -0.15) is 0 Å². The van der Waals surface area contributed by atoms with Crippen molar-refractivity contribution in [3.05, 3.63) is 47.2 Å². The van der Waals surface area contributed by atoms with Crippen molar-refractivity contribution in [2.75, 3.05) is 13.6 Å². The van der Waals surface area contributed by atoms with Crippen molar-refractivity contribution in [2.24, 2.45) is 5.92 Å². The lowest BCUT2D eigenvalue weighted by molar-refractivity contribution is -0.171. The second-order valence-corrected chi connectivity index (χ2v) is 14.9. The number of likely N-dealkylation sites (tertiary alicyclic amines) is 1. The number of carbonyl (C=O) groups is 3. The number of aliphatic carboxylic acids is 1. The molecule has 5 rings (SSSR count). The minimum absolute atomic E-state index is 0.0297. The third-order valence-electron chi connectivity index (χ3n) is 11.5. The first kappa shape index (κ1) is 37.1. The van der Waals surface area contributed by atoms with Crippen molar-refractivity contribution in [3.8, 4) is 11.5 Å². The molecule has 3 N–H and O–H groups in total. The van der Waals surface area contributed by atoms with Crippen LogP contribution in [0.4, 0.5) is 0 Å². The zero-order chi connectivity index (χ0) is 35.0. The highest BCUT2D eigenvalue weighted by molar-refractivity contribution is 5.87. The lowest BCUT2D eigenvalue weighted by Gasteiger charge is -2.61. The summed E-state index contributed by atoms with van der Waals surface area (Å²) < 4.78 is 12.3. The Labute approximate surface area is 291 Å². The summed E-state index contributed by atoms with van der Waals surface area (Å²) in [7, 11) is 2.00. The van der Waals surface area contributed by atoms with E-state index >= 15 is 0 Å². The number of unbranched alkanes of at least 4 members (excludes halogenated alkanes) is 11. The standard InChI is InChI=1S/C40H57NO8/c1-3-4-5-6-7-8-9-10-11-12-13-14-15-16-17-18-30(42)25-29(27-34(44)45)38(46)48-32-21-22-40(47)33-26-28-19-20-31(43)36-35(28)39(40,37(32)49-36)23-24-41(33)2/h10-11,19-21,29,33,37,43,47H,3-9,12-18,22-27H2,1-2H3,(H,44,45)/b11-10-/t29-,33-,37+,39+,40-/m0/s1. The average Bonchev–Trinajstić information content (AvgIpc) is 3.43. The summed E-state index contributed by atoms with van der Waals surface area (Å²) in [6.45, 7) is 2.93. The number of esters is 1. The molecule has 2 aliphatic heterocycles. The summed E-state index contributed by atoms with van der Waals surface area (Å²) in [5.41, 5.74) is -0.345. The number of piperidine rings is 1. The maximum absolute atomic E-state index is 13.5. The Hall–Kier alpha value is -3.17. The summed E-state index contributed by atoms with van der Waals surface area (Å²) in [6, 6.07) is 3.29. The minimum atomic E-state index is -1.20. The van der Waals surface area contributed by atoms with Crippen LogP contribution in [0.3, 0.4) is 0 Å². The van der Waals surface area contributed by atoms with Gasteiger partial charge in [0.1, 0.15) is 11.5 Å². The predicted octanol–water partition coefficient (Wildman–Crippen LogP) is 7.30. The van der Waals surface area contributed by atoms with E-state index in [0.29, 0.717) is 38.0 Å². The van der Waals surface area contributed by atoms with Crippen LogP contribution < -0.4 is 4.74 Å². The highest BCUT2D eigenvalue weighted by Crippen LogP contribution is 2.65. The number of phenolic OH excluding ortho intramolecular Hbond substituents is 1. The van der Waals surface area contributed by atoms with Gasteiger partial charge in [-0.3, -0.25) is 14.4 Å². The van der Waals surface area contributed by atoms with Crippen LogP contribution in [0.2, 0.25) is 0 Å². The number of aromatic hydroxyl groups is 1. The number of benzene rings is 1. The second kappa shape index (κ2) is 16.7. The Bertz CT molecular complexity index is 1400. The van der Waals surface area contributed by atoms with Gasteiger partial charge >= 0.3 is 11.9 Å². The highest BCUT2D eigenvalue weighted by Gasteiger charge is 2.72. The molecule has 9 nitrogen and oxygen atoms in total. The molecule has 1 aromatic carbocycles. The Balaban J connectivity index is 1.10. The van der Waals surface area contributed by atoms with Crippen LogP contribution in [-0.4, -0.2) is 69.3 Å². The molecule has 49 heavy (non-hydrogen) atoms. The van der Waals surface area contributed by atoms with Crippen LogP contribution in [-0.2, 0) is 31.0 Å². The lowest BCUT2D eigenvalue weighted by atomic mass is 9.50. The summed E-state index contributed by atoms with van der Waals surface area (Å²) in [6.07, 6.45) is 21.5. The molecule has 1 spiro atoms. The van der Waals surface area contributed by atoms with Crippen LogP contribution in [0, 0.1) is 5.92 Å². The van der Waals surface area contributed by atoms with Gasteiger partial charge in [-0.1, -0.05) is 76.5 Å². The van der Waals surface area contributed by atoms with Gasteiger partial charge in [0.2, 0.25) is 0 Å². The van der Waals surface area contributed by atoms with Crippen molar-refractivity contribution in [1.82, 2.24) is 4.90 Å². The molecule has 0 saturated carbocycles. The fourth-order valence-electron chi connectivity index (χ4n) is 8.86. The van der Waals surface area contributed by atoms with E-state index in [1.165, 1.54) is 44.9 Å². The Morgan fingerprint density at radius 3 is 2.37 bits per heavy atom. The van der Waals surface area contributed by atoms with Crippen molar-refractivity contribution in [3.63, 3.8) is 0 Å². The topological polar surface area (TPSA) is 134 Å². The molecule has 2 aliphatic carbocycles. The van der Waals surface area contributed by atoms with Crippen molar-refractivity contribution in [2.45, 2.75) is 152 Å². The van der Waals surface area contributed by atoms with Crippen LogP contribution in [0.5, 0.6) is 11.5 Å². The number of phenols is 1. The number of ether oxygens (including phenoxy) is 2. The number of carbonyl (C=O) groups excluding carboxylic acids is 2. The summed E-state index contributed by atoms with van der Waals surface area (Å²) >= 11 is 0. The fourth-order valence-corrected chi connectivity index (χ4v) is 8.86. The van der Waals surface area contributed by atoms with Crippen LogP contribution >= 0.6 is 0 Å². The Morgan fingerprint density at radius 1 is 1.00 bits per heavy atom. The van der Waals surface area contributed by atoms with E-state index in [1.807, 2.05) is 13.1 Å². The van der Waals surface area contributed by atoms with E-state index in [1.54, 1.807) is 12.1 Å². The maximum atomic E-state index is 13.5. The highest BCUT2D eigenvalue weighted by atomic mass is 16.6. The SMILES string of the molecule is CCCCCCCC/C=C\CCCCCCCC(=O)C[C@@H](CC(=O)O)C(=O)OC1=CC[C@]2(O)[C@@H]3Cc4ccc(O)c5c4[C@]2(CCN3C)[C@@H]1O5. The zero-order valence-corrected chi connectivity index (χ0v) is 29.6. The van der Waals surface area contributed by atoms with E-state index in [2.05, 4.69) is 24.0 Å². The van der Waals surface area contributed by atoms with Gasteiger partial charge in [-0.25, -0.2) is 0 Å². The number of nitrogens with zero attached hydrogens (tertiary/aromatic N) is 1. The maximum Gasteiger partial charge on any atom is 0.315 e. The fraction of sp³-hybridized carbons (Fsp3) is 0.675. The first-order valence-corrected chi connectivity index (χ1v) is 18.9. The summed E-state index contributed by atoms with van der Waals surface area (Å²) in [5, 5.41) is 32.6. The third kappa shape index (κ3) is 7.93. The quantitative estimate of drug-likeness (QED) is 0.0695. The number of carboxylic acids is 1. The molecular formula is C40H57NO8. The van der Waals surface area contributed by atoms with Crippen LogP contribution in [0.25, 0.3) is 0 Å². The number of rotatable bonds is 21. The first-order chi connectivity index (χ1) is 23.6. The molecule has 1 fully saturated rings. The van der Waals surface area contributed by atoms with Gasteiger partial charge in [-0.05, 0) is 76.2 Å². The van der Waals surface area contributed by atoms with Gasteiger partial charge < -0.3 is 29.7 Å². The zero-order valence-electron chi connectivity index (χ0n) is 29.6. The molecule has 0 radical (unpaired) electrons. The predicted molar refractivity (Wildman–Crippen MR) is 188 cm³/mol. The van der Waals surface area contributed by atoms with Gasteiger partial charge in [0, 0.05) is 30.9 Å². The normalized spacial score (nSPS) is 25.8. The molecule has 1 saturated heterocycles. The number of ketones is 1. The third-order valence-corrected chi connectivity index (χ3v) is 11.5. The number of hydrogen-bond acceptors (Lipinski definition) is 8. The van der Waals surface area contributed by atoms with E-state index in [9.17, 15) is 29.7 Å². The monoisotopic (exact) mass is 679 g/mol. The molecule has 2 heterocycles. The molecular weight excluding hydrogens is 622 g/mol. The van der Waals surface area contributed by atoms with Gasteiger partial charge in [0.25, 0.3) is 0 Å². The van der Waals surface area contributed by atoms with Crippen molar-refractivity contribution < 1.29 is 39.2 Å². The molecule has 0 amide bonds. The average molecular weight is 680 g/mol. The van der Waals surface area contributed by atoms with Gasteiger partial charge in [0.05, 0.1) is 23.4 Å². The van der Waals surface area contributed by atoms with Crippen LogP contribution in [0.1, 0.15) is 134 Å². The van der Waals surface area contributed by atoms with Gasteiger partial charge in [-0.15, -0.1) is 0 Å². The largest absolute Gasteiger partial charge is 0.504 e.